The van der Waals surface area contributed by atoms with Crippen LogP contribution in [0, 0.1) is 0 Å². The molecule has 0 radical (unpaired) electrons. The number of allylic oxidation sites excluding steroid dienone is 10. The van der Waals surface area contributed by atoms with Gasteiger partial charge in [0.25, 0.3) is 0 Å². The van der Waals surface area contributed by atoms with E-state index < -0.39 is 0 Å². The van der Waals surface area contributed by atoms with Gasteiger partial charge in [0, 0.05) is 50.0 Å². The number of fused-ring (bicyclic) bond motifs is 6. The Kier molecular flexibility index (Phi) is 10.7. The second-order valence-electron chi connectivity index (χ2n) is 17.0. The van der Waals surface area contributed by atoms with Gasteiger partial charge in [0.05, 0.1) is 22.8 Å². The molecule has 0 amide bonds. The Bertz CT molecular complexity index is 3390. The summed E-state index contributed by atoms with van der Waals surface area (Å²) in [5, 5.41) is 4.81. The van der Waals surface area contributed by atoms with Crippen molar-refractivity contribution < 1.29 is 4.42 Å². The minimum atomic E-state index is 0.170. The first-order chi connectivity index (χ1) is 32.2. The van der Waals surface area contributed by atoms with Crippen LogP contribution in [-0.2, 0) is 0 Å². The fraction of sp³-hybridized carbons (Fsp3) is 0.115. The van der Waals surface area contributed by atoms with Crippen molar-refractivity contribution in [3.05, 3.63) is 230 Å². The van der Waals surface area contributed by atoms with Crippen molar-refractivity contribution >= 4 is 77.8 Å². The molecule has 2 aromatic heterocycles. The maximum atomic E-state index is 6.54. The number of para-hydroxylation sites is 4. The maximum Gasteiger partial charge on any atom is 0.159 e. The lowest BCUT2D eigenvalue weighted by molar-refractivity contribution is 0.664. The highest BCUT2D eigenvalue weighted by molar-refractivity contribution is 6.12. The van der Waals surface area contributed by atoms with Crippen LogP contribution in [0.5, 0.6) is 0 Å². The second-order valence-corrected chi connectivity index (χ2v) is 17.0. The highest BCUT2D eigenvalue weighted by Crippen LogP contribution is 2.43. The average molecular weight is 842 g/mol. The Balaban J connectivity index is 0.883. The van der Waals surface area contributed by atoms with Gasteiger partial charge < -0.3 is 18.8 Å². The lowest BCUT2D eigenvalue weighted by Gasteiger charge is -2.32. The molecule has 4 nitrogen and oxygen atoms in total. The summed E-state index contributed by atoms with van der Waals surface area (Å²) in [7, 11) is 0. The molecule has 65 heavy (non-hydrogen) atoms. The van der Waals surface area contributed by atoms with E-state index in [0.29, 0.717) is 0 Å². The molecule has 9 aromatic rings. The minimum absolute atomic E-state index is 0.170. The smallest absolute Gasteiger partial charge is 0.159 e. The summed E-state index contributed by atoms with van der Waals surface area (Å²) in [5.74, 6) is 0. The first kappa shape index (κ1) is 40.0. The Morgan fingerprint density at radius 3 is 2.09 bits per heavy atom. The number of rotatable bonds is 11. The zero-order valence-corrected chi connectivity index (χ0v) is 36.9. The number of aromatic nitrogens is 1. The van der Waals surface area contributed by atoms with Crippen molar-refractivity contribution in [2.45, 2.75) is 45.6 Å². The van der Waals surface area contributed by atoms with Gasteiger partial charge in [-0.05, 0) is 128 Å². The molecular weight excluding hydrogens is 791 g/mol. The molecule has 0 fully saturated rings. The molecule has 7 aromatic carbocycles. The number of anilines is 4. The molecular formula is C61H51N3O. The maximum absolute atomic E-state index is 6.54. The van der Waals surface area contributed by atoms with E-state index in [2.05, 4.69) is 241 Å². The third-order valence-electron chi connectivity index (χ3n) is 13.1. The number of benzene rings is 7. The van der Waals surface area contributed by atoms with Gasteiger partial charge in [-0.25, -0.2) is 0 Å². The third-order valence-corrected chi connectivity index (χ3v) is 13.1. The Morgan fingerprint density at radius 2 is 1.34 bits per heavy atom. The molecule has 0 saturated heterocycles. The van der Waals surface area contributed by atoms with Crippen molar-refractivity contribution in [1.82, 2.24) is 4.57 Å². The molecule has 0 saturated carbocycles. The van der Waals surface area contributed by atoms with Crippen LogP contribution in [0.1, 0.15) is 45.1 Å². The lowest BCUT2D eigenvalue weighted by atomic mass is 9.93. The molecule has 2 heterocycles. The predicted molar refractivity (Wildman–Crippen MR) is 277 cm³/mol. The molecule has 0 aliphatic heterocycles. The van der Waals surface area contributed by atoms with Crippen LogP contribution in [0.15, 0.2) is 229 Å². The lowest BCUT2D eigenvalue weighted by Crippen LogP contribution is -2.29. The van der Waals surface area contributed by atoms with Crippen molar-refractivity contribution in [1.29, 1.82) is 0 Å². The van der Waals surface area contributed by atoms with Gasteiger partial charge in [0.1, 0.15) is 5.58 Å². The predicted octanol–water partition coefficient (Wildman–Crippen LogP) is 17.1. The highest BCUT2D eigenvalue weighted by atomic mass is 16.3. The topological polar surface area (TPSA) is 24.6 Å². The zero-order chi connectivity index (χ0) is 43.7. The van der Waals surface area contributed by atoms with Gasteiger partial charge in [0.2, 0.25) is 0 Å². The second kappa shape index (κ2) is 17.4. The van der Waals surface area contributed by atoms with E-state index in [-0.39, 0.29) is 6.04 Å². The molecule has 0 bridgehead atoms. The molecule has 0 spiro atoms. The fourth-order valence-corrected chi connectivity index (χ4v) is 9.96. The van der Waals surface area contributed by atoms with E-state index >= 15 is 0 Å². The summed E-state index contributed by atoms with van der Waals surface area (Å²) >= 11 is 0. The Hall–Kier alpha value is -7.82. The molecule has 4 heteroatoms. The van der Waals surface area contributed by atoms with Crippen LogP contribution in [0.25, 0.3) is 66.1 Å². The van der Waals surface area contributed by atoms with E-state index in [0.717, 1.165) is 64.7 Å². The molecule has 1 unspecified atom stereocenters. The first-order valence-corrected chi connectivity index (χ1v) is 23.0. The van der Waals surface area contributed by atoms with Gasteiger partial charge in [-0.15, -0.1) is 0 Å². The van der Waals surface area contributed by atoms with Crippen molar-refractivity contribution in [2.75, 3.05) is 9.80 Å². The molecule has 1 atom stereocenters. The SMILES string of the molecule is C/C=C\C=C(/CC)n1c2ccccc2c2cc(N(C3=CC=C(c4ccc(-c5ccc(N(c6cccc7c6oc6ccccc67)C6C=CC=CC6)cc5)cc4)CC3)c3ccccc3)ccc21. The van der Waals surface area contributed by atoms with Crippen LogP contribution in [0.4, 0.5) is 22.7 Å². The summed E-state index contributed by atoms with van der Waals surface area (Å²) in [4.78, 5) is 4.87. The van der Waals surface area contributed by atoms with Crippen molar-refractivity contribution in [2.24, 2.45) is 0 Å². The zero-order valence-electron chi connectivity index (χ0n) is 36.9. The quantitative estimate of drug-likeness (QED) is 0.121. The van der Waals surface area contributed by atoms with Crippen LogP contribution in [-0.4, -0.2) is 10.6 Å². The average Bonchev–Trinajstić information content (AvgIpc) is 3.92. The fourth-order valence-electron chi connectivity index (χ4n) is 9.96. The minimum Gasteiger partial charge on any atom is -0.454 e. The summed E-state index contributed by atoms with van der Waals surface area (Å²) in [6, 6.07) is 59.7. The Labute approximate surface area is 381 Å². The third kappa shape index (κ3) is 7.41. The normalized spacial score (nSPS) is 15.4. The summed E-state index contributed by atoms with van der Waals surface area (Å²) in [6.07, 6.45) is 23.7. The van der Waals surface area contributed by atoms with Crippen LogP contribution in [0.2, 0.25) is 0 Å². The van der Waals surface area contributed by atoms with Crippen LogP contribution < -0.4 is 9.80 Å². The summed E-state index contributed by atoms with van der Waals surface area (Å²) in [5.41, 5.74) is 16.4. The van der Waals surface area contributed by atoms with Crippen LogP contribution >= 0.6 is 0 Å². The first-order valence-electron chi connectivity index (χ1n) is 23.0. The summed E-state index contributed by atoms with van der Waals surface area (Å²) in [6.45, 7) is 4.31. The van der Waals surface area contributed by atoms with Crippen molar-refractivity contribution in [3.63, 3.8) is 0 Å². The standard InChI is InChI=1S/C61H51N3O/c1-3-5-17-47(4-2)64-57-25-14-12-22-53(57)56-42-52(40-41-58(56)64)62(48-18-8-6-9-19-48)50-36-32-45(33-37-50)43-28-30-44(31-29-43)46-34-38-51(39-35-46)63(49-20-10-7-11-21-49)59-26-16-24-55-54-23-13-15-27-60(54)65-61(55)59/h3,5-20,22-32,34-36,38-42,49H,4,21,33,37H2,1-2H3/b5-3-,47-17+. The highest BCUT2D eigenvalue weighted by Gasteiger charge is 2.24. The number of furan rings is 1. The van der Waals surface area contributed by atoms with Gasteiger partial charge in [-0.1, -0.05) is 153 Å². The number of nitrogens with zero attached hydrogens (tertiary/aromatic N) is 3. The molecule has 11 rings (SSSR count). The summed E-state index contributed by atoms with van der Waals surface area (Å²) < 4.78 is 8.97. The van der Waals surface area contributed by atoms with E-state index in [4.69, 9.17) is 4.42 Å². The largest absolute Gasteiger partial charge is 0.454 e. The van der Waals surface area contributed by atoms with E-state index in [1.54, 1.807) is 0 Å². The molecule has 316 valence electrons. The monoisotopic (exact) mass is 841 g/mol. The van der Waals surface area contributed by atoms with E-state index in [1.807, 2.05) is 6.07 Å². The number of hydrogen-bond acceptors (Lipinski definition) is 3. The van der Waals surface area contributed by atoms with Crippen molar-refractivity contribution in [3.8, 4) is 11.1 Å². The van der Waals surface area contributed by atoms with E-state index in [9.17, 15) is 0 Å². The van der Waals surface area contributed by atoms with Gasteiger partial charge in [-0.2, -0.15) is 0 Å². The van der Waals surface area contributed by atoms with E-state index in [1.165, 1.54) is 61.2 Å². The Morgan fingerprint density at radius 1 is 0.631 bits per heavy atom. The number of hydrogen-bond donors (Lipinski definition) is 0. The van der Waals surface area contributed by atoms with Gasteiger partial charge in [0.15, 0.2) is 5.58 Å². The molecule has 0 N–H and O–H groups in total. The van der Waals surface area contributed by atoms with Gasteiger partial charge >= 0.3 is 0 Å². The molecule has 2 aliphatic carbocycles. The van der Waals surface area contributed by atoms with Crippen LogP contribution in [0.3, 0.4) is 0 Å². The molecule has 2 aliphatic rings. The van der Waals surface area contributed by atoms with Gasteiger partial charge in [-0.3, -0.25) is 0 Å².